The summed E-state index contributed by atoms with van der Waals surface area (Å²) in [6.45, 7) is 6.11. The van der Waals surface area contributed by atoms with Crippen LogP contribution in [0.15, 0.2) is 54.2 Å². The fourth-order valence-corrected chi connectivity index (χ4v) is 2.42. The summed E-state index contributed by atoms with van der Waals surface area (Å²) in [5.74, 6) is 0.603. The Morgan fingerprint density at radius 2 is 2.08 bits per heavy atom. The molecule has 25 heavy (non-hydrogen) atoms. The molecule has 0 spiro atoms. The molecule has 1 heterocycles. The van der Waals surface area contributed by atoms with E-state index in [2.05, 4.69) is 63.3 Å². The lowest BCUT2D eigenvalue weighted by molar-refractivity contribution is -0.127. The number of aliphatic imine (C=N–C) groups is 1. The number of likely N-dealkylation sites (N-methyl/N-ethyl adjacent to an activating group) is 1. The molecule has 0 unspecified atom stereocenters. The highest BCUT2D eigenvalue weighted by Crippen LogP contribution is 2.15. The number of hydrogen-bond donors (Lipinski definition) is 2. The topological polar surface area (TPSA) is 61.7 Å². The number of hydrogen-bond acceptors (Lipinski definition) is 2. The normalized spacial score (nSPS) is 11.4. The van der Waals surface area contributed by atoms with Crippen LogP contribution in [0.25, 0.3) is 10.9 Å². The molecular formula is C19H27N5O. The van der Waals surface area contributed by atoms with Crippen LogP contribution in [0.2, 0.25) is 0 Å². The molecule has 6 heteroatoms. The third-order valence-electron chi connectivity index (χ3n) is 3.83. The van der Waals surface area contributed by atoms with Crippen molar-refractivity contribution in [2.75, 3.05) is 33.7 Å². The quantitative estimate of drug-likeness (QED) is 0.333. The maximum Gasteiger partial charge on any atom is 0.243 e. The molecule has 1 aromatic carbocycles. The van der Waals surface area contributed by atoms with Gasteiger partial charge in [-0.1, -0.05) is 24.3 Å². The summed E-state index contributed by atoms with van der Waals surface area (Å²) in [4.78, 5) is 17.5. The molecule has 6 nitrogen and oxygen atoms in total. The summed E-state index contributed by atoms with van der Waals surface area (Å²) in [6, 6.07) is 10.5. The van der Waals surface area contributed by atoms with Crippen molar-refractivity contribution in [2.24, 2.45) is 4.99 Å². The highest BCUT2D eigenvalue weighted by molar-refractivity contribution is 5.84. The first-order valence-electron chi connectivity index (χ1n) is 8.49. The highest BCUT2D eigenvalue weighted by atomic mass is 16.2. The lowest BCUT2D eigenvalue weighted by atomic mass is 10.2. The van der Waals surface area contributed by atoms with Crippen molar-refractivity contribution in [3.8, 4) is 0 Å². The Morgan fingerprint density at radius 1 is 1.28 bits per heavy atom. The zero-order chi connectivity index (χ0) is 18.1. The van der Waals surface area contributed by atoms with Crippen molar-refractivity contribution in [2.45, 2.75) is 13.0 Å². The molecule has 0 fully saturated rings. The molecule has 0 atom stereocenters. The summed E-state index contributed by atoms with van der Waals surface area (Å²) < 4.78 is 2.25. The minimum atomic E-state index is -0.0292. The SMILES string of the molecule is C=CCNC(=NCC(=O)N(C)C)NCCCn1ccc2ccccc21. The van der Waals surface area contributed by atoms with Gasteiger partial charge in [0, 0.05) is 45.4 Å². The lowest BCUT2D eigenvalue weighted by Crippen LogP contribution is -2.39. The maximum atomic E-state index is 11.7. The summed E-state index contributed by atoms with van der Waals surface area (Å²) in [5, 5.41) is 7.65. The number of nitrogens with one attached hydrogen (secondary N) is 2. The third kappa shape index (κ3) is 5.67. The van der Waals surface area contributed by atoms with Crippen molar-refractivity contribution in [1.29, 1.82) is 0 Å². The average Bonchev–Trinajstić information content (AvgIpc) is 3.03. The number of benzene rings is 1. The smallest absolute Gasteiger partial charge is 0.243 e. The van der Waals surface area contributed by atoms with Crippen LogP contribution >= 0.6 is 0 Å². The van der Waals surface area contributed by atoms with Crippen LogP contribution < -0.4 is 10.6 Å². The standard InChI is InChI=1S/C19H27N5O/c1-4-11-20-19(22-15-18(25)23(2)3)21-12-7-13-24-14-10-16-8-5-6-9-17(16)24/h4-6,8-10,14H,1,7,11-13,15H2,2-3H3,(H2,20,21,22). The minimum Gasteiger partial charge on any atom is -0.356 e. The van der Waals surface area contributed by atoms with E-state index in [1.54, 1.807) is 20.2 Å². The number of carbonyl (C=O) groups is 1. The van der Waals surface area contributed by atoms with Crippen molar-refractivity contribution < 1.29 is 4.79 Å². The molecule has 134 valence electrons. The van der Waals surface area contributed by atoms with Gasteiger partial charge in [-0.2, -0.15) is 0 Å². The molecule has 0 bridgehead atoms. The van der Waals surface area contributed by atoms with Gasteiger partial charge < -0.3 is 20.1 Å². The van der Waals surface area contributed by atoms with E-state index in [0.29, 0.717) is 12.5 Å². The Hall–Kier alpha value is -2.76. The van der Waals surface area contributed by atoms with Crippen LogP contribution in [0.4, 0.5) is 0 Å². The van der Waals surface area contributed by atoms with E-state index in [-0.39, 0.29) is 12.5 Å². The molecule has 1 amide bonds. The van der Waals surface area contributed by atoms with Gasteiger partial charge in [-0.15, -0.1) is 6.58 Å². The molecular weight excluding hydrogens is 314 g/mol. The van der Waals surface area contributed by atoms with Gasteiger partial charge in [-0.25, -0.2) is 4.99 Å². The minimum absolute atomic E-state index is 0.0292. The van der Waals surface area contributed by atoms with Gasteiger partial charge in [-0.05, 0) is 23.9 Å². The van der Waals surface area contributed by atoms with Crippen LogP contribution in [0, 0.1) is 0 Å². The van der Waals surface area contributed by atoms with Crippen LogP contribution in [0.5, 0.6) is 0 Å². The second kappa shape index (κ2) is 9.52. The first-order valence-corrected chi connectivity index (χ1v) is 8.49. The van der Waals surface area contributed by atoms with Crippen molar-refractivity contribution >= 4 is 22.8 Å². The first kappa shape index (κ1) is 18.6. The number of amides is 1. The van der Waals surface area contributed by atoms with Crippen LogP contribution in [0.3, 0.4) is 0 Å². The fourth-order valence-electron chi connectivity index (χ4n) is 2.42. The van der Waals surface area contributed by atoms with Crippen LogP contribution in [0.1, 0.15) is 6.42 Å². The Balaban J connectivity index is 1.84. The summed E-state index contributed by atoms with van der Waals surface area (Å²) >= 11 is 0. The third-order valence-corrected chi connectivity index (χ3v) is 3.83. The van der Waals surface area contributed by atoms with Gasteiger partial charge >= 0.3 is 0 Å². The monoisotopic (exact) mass is 341 g/mol. The Morgan fingerprint density at radius 3 is 2.84 bits per heavy atom. The molecule has 0 aliphatic heterocycles. The molecule has 0 radical (unpaired) electrons. The molecule has 0 saturated heterocycles. The van der Waals surface area contributed by atoms with E-state index in [4.69, 9.17) is 0 Å². The Bertz CT molecular complexity index is 732. The summed E-state index contributed by atoms with van der Waals surface area (Å²) in [5.41, 5.74) is 1.25. The zero-order valence-corrected chi connectivity index (χ0v) is 15.0. The molecule has 2 aromatic rings. The second-order valence-electron chi connectivity index (χ2n) is 5.97. The molecule has 0 saturated carbocycles. The van der Waals surface area contributed by atoms with Crippen LogP contribution in [-0.2, 0) is 11.3 Å². The number of nitrogens with zero attached hydrogens (tertiary/aromatic N) is 3. The van der Waals surface area contributed by atoms with Crippen molar-refractivity contribution in [3.05, 3.63) is 49.2 Å². The van der Waals surface area contributed by atoms with E-state index >= 15 is 0 Å². The predicted octanol–water partition coefficient (Wildman–Crippen LogP) is 1.84. The van der Waals surface area contributed by atoms with E-state index in [1.165, 1.54) is 15.8 Å². The second-order valence-corrected chi connectivity index (χ2v) is 5.97. The first-order chi connectivity index (χ1) is 12.1. The van der Waals surface area contributed by atoms with Gasteiger partial charge in [0.2, 0.25) is 5.91 Å². The number of rotatable bonds is 8. The van der Waals surface area contributed by atoms with E-state index in [1.807, 2.05) is 0 Å². The summed E-state index contributed by atoms with van der Waals surface area (Å²) in [6.07, 6.45) is 4.83. The number of aromatic nitrogens is 1. The fraction of sp³-hybridized carbons (Fsp3) is 0.368. The van der Waals surface area contributed by atoms with Crippen molar-refractivity contribution in [1.82, 2.24) is 20.1 Å². The van der Waals surface area contributed by atoms with E-state index in [9.17, 15) is 4.79 Å². The van der Waals surface area contributed by atoms with Gasteiger partial charge in [0.05, 0.1) is 0 Å². The maximum absolute atomic E-state index is 11.7. The van der Waals surface area contributed by atoms with Crippen LogP contribution in [-0.4, -0.2) is 55.1 Å². The van der Waals surface area contributed by atoms with Gasteiger partial charge in [0.25, 0.3) is 0 Å². The largest absolute Gasteiger partial charge is 0.356 e. The lowest BCUT2D eigenvalue weighted by Gasteiger charge is -2.13. The van der Waals surface area contributed by atoms with E-state index in [0.717, 1.165) is 19.5 Å². The number of para-hydroxylation sites is 1. The van der Waals surface area contributed by atoms with E-state index < -0.39 is 0 Å². The highest BCUT2D eigenvalue weighted by Gasteiger charge is 2.04. The summed E-state index contributed by atoms with van der Waals surface area (Å²) in [7, 11) is 3.45. The number of fused-ring (bicyclic) bond motifs is 1. The zero-order valence-electron chi connectivity index (χ0n) is 15.0. The Kier molecular flexibility index (Phi) is 7.07. The number of carbonyl (C=O) groups excluding carboxylic acids is 1. The molecule has 2 N–H and O–H groups in total. The molecule has 0 aliphatic carbocycles. The van der Waals surface area contributed by atoms with Crippen molar-refractivity contribution in [3.63, 3.8) is 0 Å². The Labute approximate surface area is 149 Å². The molecule has 0 aliphatic rings. The van der Waals surface area contributed by atoms with Gasteiger partial charge in [0.15, 0.2) is 5.96 Å². The molecule has 2 rings (SSSR count). The number of guanidine groups is 1. The molecule has 1 aromatic heterocycles. The van der Waals surface area contributed by atoms with Gasteiger partial charge in [0.1, 0.15) is 6.54 Å². The average molecular weight is 341 g/mol. The number of aryl methyl sites for hydroxylation is 1. The predicted molar refractivity (Wildman–Crippen MR) is 104 cm³/mol. The van der Waals surface area contributed by atoms with Gasteiger partial charge in [-0.3, -0.25) is 4.79 Å².